The van der Waals surface area contributed by atoms with Crippen LogP contribution in [0.5, 0.6) is 11.5 Å². The maximum absolute atomic E-state index is 13.8. The first kappa shape index (κ1) is 28.8. The number of halogens is 1. The molecule has 0 spiro atoms. The first-order chi connectivity index (χ1) is 19.7. The number of carbonyl (C=O) groups is 1. The molecule has 1 saturated heterocycles. The molecule has 0 aromatic heterocycles. The second kappa shape index (κ2) is 12.0. The van der Waals surface area contributed by atoms with Crippen LogP contribution in [0.15, 0.2) is 119 Å². The highest BCUT2D eigenvalue weighted by Crippen LogP contribution is 2.33. The van der Waals surface area contributed by atoms with Gasteiger partial charge in [0.15, 0.2) is 5.75 Å². The highest BCUT2D eigenvalue weighted by atomic mass is 35.5. The molecule has 41 heavy (non-hydrogen) atoms. The van der Waals surface area contributed by atoms with Crippen LogP contribution in [0.1, 0.15) is 0 Å². The highest BCUT2D eigenvalue weighted by molar-refractivity contribution is 7.89. The number of ether oxygens (including phenoxy) is 1. The highest BCUT2D eigenvalue weighted by Gasteiger charge is 2.43. The summed E-state index contributed by atoms with van der Waals surface area (Å²) < 4.78 is 62.3. The van der Waals surface area contributed by atoms with Gasteiger partial charge in [-0.05, 0) is 54.6 Å². The Labute approximate surface area is 244 Å². The Hall–Kier alpha value is -3.74. The monoisotopic (exact) mass is 611 g/mol. The third-order valence-corrected chi connectivity index (χ3v) is 10.5. The molecule has 1 aliphatic heterocycles. The minimum Gasteiger partial charge on any atom is -0.455 e. The second-order valence-corrected chi connectivity index (χ2v) is 13.4. The van der Waals surface area contributed by atoms with Crippen molar-refractivity contribution in [1.29, 1.82) is 0 Å². The average Bonchev–Trinajstić information content (AvgIpc) is 2.99. The standard InChI is InChI=1S/C29H26ClN3O6S2/c30-22-16-17-28(39-23-10-4-1-5-11-23)26(20-22)31-29(34)27-21-32(40(35,36)24-12-6-2-7-13-24)18-19-33(27)41(37,38)25-14-8-3-9-15-25/h1-17,20,27H,18-19,21H2,(H,31,34)/t27-/m1/s1. The zero-order valence-corrected chi connectivity index (χ0v) is 24.0. The molecule has 5 rings (SSSR count). The van der Waals surface area contributed by atoms with Crippen molar-refractivity contribution in [3.63, 3.8) is 0 Å². The van der Waals surface area contributed by atoms with Crippen LogP contribution >= 0.6 is 11.6 Å². The normalized spacial score (nSPS) is 16.7. The van der Waals surface area contributed by atoms with E-state index in [1.807, 2.05) is 6.07 Å². The summed E-state index contributed by atoms with van der Waals surface area (Å²) in [5.41, 5.74) is 0.200. The summed E-state index contributed by atoms with van der Waals surface area (Å²) in [6, 6.07) is 27.7. The van der Waals surface area contributed by atoms with Crippen molar-refractivity contribution >= 4 is 43.2 Å². The fraction of sp³-hybridized carbons (Fsp3) is 0.138. The van der Waals surface area contributed by atoms with Gasteiger partial charge >= 0.3 is 0 Å². The van der Waals surface area contributed by atoms with Gasteiger partial charge in [-0.25, -0.2) is 16.8 Å². The molecule has 1 fully saturated rings. The molecule has 1 atom stereocenters. The number of sulfonamides is 2. The topological polar surface area (TPSA) is 113 Å². The van der Waals surface area contributed by atoms with E-state index >= 15 is 0 Å². The molecule has 1 amide bonds. The van der Waals surface area contributed by atoms with E-state index in [-0.39, 0.29) is 34.3 Å². The number of nitrogens with zero attached hydrogens (tertiary/aromatic N) is 2. The van der Waals surface area contributed by atoms with E-state index in [1.165, 1.54) is 30.3 Å². The molecular weight excluding hydrogens is 586 g/mol. The summed E-state index contributed by atoms with van der Waals surface area (Å²) >= 11 is 6.22. The molecule has 0 saturated carbocycles. The SMILES string of the molecule is O=C(Nc1cc(Cl)ccc1Oc1ccccc1)[C@H]1CN(S(=O)(=O)c2ccccc2)CCN1S(=O)(=O)c1ccccc1. The van der Waals surface area contributed by atoms with Crippen molar-refractivity contribution in [1.82, 2.24) is 8.61 Å². The Morgan fingerprint density at radius 2 is 1.32 bits per heavy atom. The Kier molecular flexibility index (Phi) is 8.43. The zero-order chi connectivity index (χ0) is 29.0. The molecule has 1 heterocycles. The van der Waals surface area contributed by atoms with E-state index < -0.39 is 38.5 Å². The minimum atomic E-state index is -4.16. The van der Waals surface area contributed by atoms with Gasteiger partial charge in [-0.1, -0.05) is 66.2 Å². The van der Waals surface area contributed by atoms with E-state index in [9.17, 15) is 21.6 Å². The fourth-order valence-electron chi connectivity index (χ4n) is 4.45. The van der Waals surface area contributed by atoms with Crippen molar-refractivity contribution in [3.8, 4) is 11.5 Å². The molecule has 4 aromatic carbocycles. The number of hydrogen-bond donors (Lipinski definition) is 1. The molecule has 12 heteroatoms. The second-order valence-electron chi connectivity index (χ2n) is 9.17. The third-order valence-electron chi connectivity index (χ3n) is 6.50. The van der Waals surface area contributed by atoms with Gasteiger partial charge in [-0.2, -0.15) is 8.61 Å². The molecule has 0 unspecified atom stereocenters. The third kappa shape index (κ3) is 6.29. The molecule has 0 bridgehead atoms. The van der Waals surface area contributed by atoms with Crippen molar-refractivity contribution in [2.75, 3.05) is 25.0 Å². The number of anilines is 1. The van der Waals surface area contributed by atoms with Gasteiger partial charge in [0.25, 0.3) is 0 Å². The van der Waals surface area contributed by atoms with Crippen LogP contribution in [0.3, 0.4) is 0 Å². The molecular formula is C29H26ClN3O6S2. The minimum absolute atomic E-state index is 0.00646. The number of para-hydroxylation sites is 1. The summed E-state index contributed by atoms with van der Waals surface area (Å²) in [4.78, 5) is 13.9. The first-order valence-electron chi connectivity index (χ1n) is 12.6. The zero-order valence-electron chi connectivity index (χ0n) is 21.6. The molecule has 212 valence electrons. The maximum Gasteiger partial charge on any atom is 0.244 e. The van der Waals surface area contributed by atoms with Gasteiger partial charge in [0, 0.05) is 24.7 Å². The summed E-state index contributed by atoms with van der Waals surface area (Å²) in [5, 5.41) is 3.04. The summed E-state index contributed by atoms with van der Waals surface area (Å²) in [7, 11) is -8.16. The van der Waals surface area contributed by atoms with Gasteiger partial charge in [0.05, 0.1) is 15.5 Å². The van der Waals surface area contributed by atoms with Crippen molar-refractivity contribution in [2.24, 2.45) is 0 Å². The Morgan fingerprint density at radius 1 is 0.756 bits per heavy atom. The number of rotatable bonds is 8. The number of carbonyl (C=O) groups excluding carboxylic acids is 1. The van der Waals surface area contributed by atoms with Crippen molar-refractivity contribution < 1.29 is 26.4 Å². The molecule has 1 aliphatic rings. The first-order valence-corrected chi connectivity index (χ1v) is 15.9. The lowest BCUT2D eigenvalue weighted by molar-refractivity contribution is -0.120. The smallest absolute Gasteiger partial charge is 0.244 e. The Bertz CT molecular complexity index is 1740. The molecule has 0 radical (unpaired) electrons. The quantitative estimate of drug-likeness (QED) is 0.305. The van der Waals surface area contributed by atoms with E-state index in [2.05, 4.69) is 5.32 Å². The Morgan fingerprint density at radius 3 is 1.93 bits per heavy atom. The number of amides is 1. The molecule has 4 aromatic rings. The van der Waals surface area contributed by atoms with Crippen LogP contribution in [0.2, 0.25) is 5.02 Å². The van der Waals surface area contributed by atoms with Crippen LogP contribution in [0.25, 0.3) is 0 Å². The summed E-state index contributed by atoms with van der Waals surface area (Å²) in [6.07, 6.45) is 0. The molecule has 0 aliphatic carbocycles. The summed E-state index contributed by atoms with van der Waals surface area (Å²) in [6.45, 7) is -0.762. The fourth-order valence-corrected chi connectivity index (χ4v) is 7.67. The molecule has 9 nitrogen and oxygen atoms in total. The predicted molar refractivity (Wildman–Crippen MR) is 156 cm³/mol. The van der Waals surface area contributed by atoms with Crippen LogP contribution < -0.4 is 10.1 Å². The predicted octanol–water partition coefficient (Wildman–Crippen LogP) is 4.83. The van der Waals surface area contributed by atoms with Gasteiger partial charge in [-0.15, -0.1) is 0 Å². The van der Waals surface area contributed by atoms with Crippen LogP contribution in [-0.2, 0) is 24.8 Å². The number of piperazine rings is 1. The Balaban J connectivity index is 1.49. The van der Waals surface area contributed by atoms with Crippen molar-refractivity contribution in [3.05, 3.63) is 114 Å². The van der Waals surface area contributed by atoms with E-state index in [1.54, 1.807) is 72.8 Å². The summed E-state index contributed by atoms with van der Waals surface area (Å²) in [5.74, 6) is 0.0463. The lowest BCUT2D eigenvalue weighted by atomic mass is 10.2. The van der Waals surface area contributed by atoms with E-state index in [0.717, 1.165) is 8.61 Å². The van der Waals surface area contributed by atoms with Gasteiger partial charge < -0.3 is 10.1 Å². The number of nitrogens with one attached hydrogen (secondary N) is 1. The largest absolute Gasteiger partial charge is 0.455 e. The van der Waals surface area contributed by atoms with Crippen LogP contribution in [0, 0.1) is 0 Å². The average molecular weight is 612 g/mol. The maximum atomic E-state index is 13.8. The van der Waals surface area contributed by atoms with E-state index in [0.29, 0.717) is 10.8 Å². The molecule has 1 N–H and O–H groups in total. The van der Waals surface area contributed by atoms with Crippen LogP contribution in [0.4, 0.5) is 5.69 Å². The number of benzene rings is 4. The number of hydrogen-bond acceptors (Lipinski definition) is 6. The lowest BCUT2D eigenvalue weighted by Crippen LogP contribution is -2.60. The van der Waals surface area contributed by atoms with Crippen LogP contribution in [-0.4, -0.2) is 57.0 Å². The van der Waals surface area contributed by atoms with Gasteiger partial charge in [0.1, 0.15) is 11.8 Å². The lowest BCUT2D eigenvalue weighted by Gasteiger charge is -2.39. The van der Waals surface area contributed by atoms with Gasteiger partial charge in [0.2, 0.25) is 26.0 Å². The van der Waals surface area contributed by atoms with Crippen molar-refractivity contribution in [2.45, 2.75) is 15.8 Å². The van der Waals surface area contributed by atoms with E-state index in [4.69, 9.17) is 16.3 Å². The van der Waals surface area contributed by atoms with Gasteiger partial charge in [-0.3, -0.25) is 4.79 Å².